The number of oxime groups is 1. The van der Waals surface area contributed by atoms with Gasteiger partial charge in [-0.3, -0.25) is 0 Å². The van der Waals surface area contributed by atoms with E-state index in [0.717, 1.165) is 18.4 Å². The summed E-state index contributed by atoms with van der Waals surface area (Å²) in [5, 5.41) is 14.9. The van der Waals surface area contributed by atoms with Gasteiger partial charge in [-0.2, -0.15) is 0 Å². The van der Waals surface area contributed by atoms with Crippen LogP contribution in [0.5, 0.6) is 0 Å². The molecule has 1 rings (SSSR count). The summed E-state index contributed by atoms with van der Waals surface area (Å²) < 4.78 is 0. The van der Waals surface area contributed by atoms with E-state index in [-0.39, 0.29) is 6.04 Å². The summed E-state index contributed by atoms with van der Waals surface area (Å²) in [6.45, 7) is 5.47. The van der Waals surface area contributed by atoms with Crippen LogP contribution in [0.1, 0.15) is 46.0 Å². The molecule has 0 aromatic rings. The highest BCUT2D eigenvalue weighted by atomic mass is 16.4. The molecule has 4 heteroatoms. The van der Waals surface area contributed by atoms with E-state index >= 15 is 0 Å². The number of hydrogen-bond acceptors (Lipinski definition) is 3. The second kappa shape index (κ2) is 6.74. The fourth-order valence-electron chi connectivity index (χ4n) is 2.33. The van der Waals surface area contributed by atoms with Gasteiger partial charge in [0.05, 0.1) is 0 Å². The third-order valence-electron chi connectivity index (χ3n) is 3.53. The van der Waals surface area contributed by atoms with E-state index in [1.54, 1.807) is 0 Å². The molecule has 1 unspecified atom stereocenters. The zero-order valence-electron chi connectivity index (χ0n) is 10.4. The lowest BCUT2D eigenvalue weighted by molar-refractivity contribution is 0.275. The Morgan fingerprint density at radius 1 is 1.44 bits per heavy atom. The minimum absolute atomic E-state index is 0.287. The summed E-state index contributed by atoms with van der Waals surface area (Å²) in [5.74, 6) is 2.02. The van der Waals surface area contributed by atoms with Crippen molar-refractivity contribution in [1.29, 1.82) is 0 Å². The van der Waals surface area contributed by atoms with Gasteiger partial charge < -0.3 is 16.3 Å². The number of rotatable bonds is 5. The van der Waals surface area contributed by atoms with Gasteiger partial charge >= 0.3 is 0 Å². The minimum Gasteiger partial charge on any atom is -0.409 e. The molecule has 0 bridgehead atoms. The maximum atomic E-state index is 8.46. The van der Waals surface area contributed by atoms with Crippen molar-refractivity contribution in [3.63, 3.8) is 0 Å². The maximum absolute atomic E-state index is 8.46. The van der Waals surface area contributed by atoms with Crippen LogP contribution in [0.25, 0.3) is 0 Å². The summed E-state index contributed by atoms with van der Waals surface area (Å²) in [6.07, 6.45) is 6.01. The smallest absolute Gasteiger partial charge is 0.140 e. The Morgan fingerprint density at radius 2 is 2.06 bits per heavy atom. The summed E-state index contributed by atoms with van der Waals surface area (Å²) in [7, 11) is 0. The monoisotopic (exact) mass is 227 g/mol. The molecule has 1 atom stereocenters. The second-order valence-electron chi connectivity index (χ2n) is 5.23. The zero-order valence-corrected chi connectivity index (χ0v) is 10.4. The molecule has 1 aliphatic rings. The van der Waals surface area contributed by atoms with Gasteiger partial charge in [-0.25, -0.2) is 0 Å². The van der Waals surface area contributed by atoms with Gasteiger partial charge in [-0.15, -0.1) is 0 Å². The Hall–Kier alpha value is -0.770. The van der Waals surface area contributed by atoms with Crippen LogP contribution in [0.2, 0.25) is 0 Å². The molecule has 0 aliphatic heterocycles. The predicted molar refractivity (Wildman–Crippen MR) is 66.6 cm³/mol. The van der Waals surface area contributed by atoms with Gasteiger partial charge in [0.1, 0.15) is 5.84 Å². The molecule has 1 saturated carbocycles. The van der Waals surface area contributed by atoms with E-state index in [4.69, 9.17) is 10.9 Å². The highest BCUT2D eigenvalue weighted by Crippen LogP contribution is 2.27. The Morgan fingerprint density at radius 3 is 2.62 bits per heavy atom. The molecule has 0 saturated heterocycles. The van der Waals surface area contributed by atoms with Crippen LogP contribution in [-0.2, 0) is 0 Å². The Labute approximate surface area is 98.3 Å². The van der Waals surface area contributed by atoms with Crippen LogP contribution in [-0.4, -0.2) is 23.6 Å². The summed E-state index contributed by atoms with van der Waals surface area (Å²) >= 11 is 0. The molecule has 0 heterocycles. The van der Waals surface area contributed by atoms with Crippen molar-refractivity contribution in [2.75, 3.05) is 6.54 Å². The highest BCUT2D eigenvalue weighted by Gasteiger charge is 2.18. The summed E-state index contributed by atoms with van der Waals surface area (Å²) in [5.41, 5.74) is 5.46. The van der Waals surface area contributed by atoms with Gasteiger partial charge in [-0.1, -0.05) is 24.9 Å². The molecule has 4 nitrogen and oxygen atoms in total. The molecule has 94 valence electrons. The zero-order chi connectivity index (χ0) is 12.0. The fraction of sp³-hybridized carbons (Fsp3) is 0.917. The van der Waals surface area contributed by atoms with Gasteiger partial charge in [0.15, 0.2) is 0 Å². The van der Waals surface area contributed by atoms with Gasteiger partial charge in [0.25, 0.3) is 0 Å². The Balaban J connectivity index is 2.14. The van der Waals surface area contributed by atoms with E-state index in [2.05, 4.69) is 24.3 Å². The van der Waals surface area contributed by atoms with Crippen molar-refractivity contribution in [2.45, 2.75) is 52.0 Å². The van der Waals surface area contributed by atoms with E-state index in [9.17, 15) is 0 Å². The van der Waals surface area contributed by atoms with Crippen molar-refractivity contribution in [2.24, 2.45) is 22.7 Å². The number of nitrogens with zero attached hydrogens (tertiary/aromatic N) is 1. The van der Waals surface area contributed by atoms with Crippen molar-refractivity contribution < 1.29 is 5.21 Å². The van der Waals surface area contributed by atoms with E-state index in [0.29, 0.717) is 12.3 Å². The van der Waals surface area contributed by atoms with Crippen LogP contribution in [0.15, 0.2) is 5.16 Å². The standard InChI is InChI=1S/C12H25N3O/c1-9-3-5-11(6-4-9)8-14-10(2)7-12(13)15-16/h9-11,14,16H,3-8H2,1-2H3,(H2,13,15). The second-order valence-corrected chi connectivity index (χ2v) is 5.23. The van der Waals surface area contributed by atoms with Gasteiger partial charge in [-0.05, 0) is 38.1 Å². The van der Waals surface area contributed by atoms with Crippen LogP contribution in [0.3, 0.4) is 0 Å². The predicted octanol–water partition coefficient (Wildman–Crippen LogP) is 1.93. The topological polar surface area (TPSA) is 70.6 Å². The first-order valence-corrected chi connectivity index (χ1v) is 6.31. The quantitative estimate of drug-likeness (QED) is 0.291. The molecular formula is C12H25N3O. The van der Waals surface area contributed by atoms with Gasteiger partial charge in [0, 0.05) is 12.5 Å². The molecule has 0 amide bonds. The number of amidine groups is 1. The number of nitrogens with one attached hydrogen (secondary N) is 1. The van der Waals surface area contributed by atoms with Crippen molar-refractivity contribution >= 4 is 5.84 Å². The van der Waals surface area contributed by atoms with Gasteiger partial charge in [0.2, 0.25) is 0 Å². The molecule has 1 aliphatic carbocycles. The normalized spacial score (nSPS) is 29.0. The third kappa shape index (κ3) is 4.84. The van der Waals surface area contributed by atoms with Crippen molar-refractivity contribution in [3.05, 3.63) is 0 Å². The first kappa shape index (κ1) is 13.3. The first-order valence-electron chi connectivity index (χ1n) is 6.31. The molecule has 4 N–H and O–H groups in total. The average molecular weight is 227 g/mol. The van der Waals surface area contributed by atoms with E-state index < -0.39 is 0 Å². The minimum atomic E-state index is 0.287. The van der Waals surface area contributed by atoms with E-state index in [1.807, 2.05) is 0 Å². The lowest BCUT2D eigenvalue weighted by Crippen LogP contribution is -2.35. The molecule has 0 aromatic heterocycles. The molecule has 1 fully saturated rings. The third-order valence-corrected chi connectivity index (χ3v) is 3.53. The first-order chi connectivity index (χ1) is 7.61. The lowest BCUT2D eigenvalue weighted by atomic mass is 9.83. The van der Waals surface area contributed by atoms with Crippen LogP contribution in [0, 0.1) is 11.8 Å². The van der Waals surface area contributed by atoms with Crippen molar-refractivity contribution in [1.82, 2.24) is 5.32 Å². The van der Waals surface area contributed by atoms with E-state index in [1.165, 1.54) is 25.7 Å². The number of hydrogen-bond donors (Lipinski definition) is 3. The molecular weight excluding hydrogens is 202 g/mol. The number of nitrogens with two attached hydrogens (primary N) is 1. The summed E-state index contributed by atoms with van der Waals surface area (Å²) in [4.78, 5) is 0. The maximum Gasteiger partial charge on any atom is 0.140 e. The van der Waals surface area contributed by atoms with Crippen LogP contribution >= 0.6 is 0 Å². The van der Waals surface area contributed by atoms with Crippen LogP contribution < -0.4 is 11.1 Å². The molecule has 0 radical (unpaired) electrons. The highest BCUT2D eigenvalue weighted by molar-refractivity contribution is 5.80. The Bertz CT molecular complexity index is 222. The largest absolute Gasteiger partial charge is 0.409 e. The molecule has 0 spiro atoms. The van der Waals surface area contributed by atoms with Crippen LogP contribution in [0.4, 0.5) is 0 Å². The summed E-state index contributed by atoms with van der Waals surface area (Å²) in [6, 6.07) is 0.287. The SMILES string of the molecule is CC1CCC(CNC(C)CC(N)=NO)CC1. The molecule has 16 heavy (non-hydrogen) atoms. The molecule has 0 aromatic carbocycles. The lowest BCUT2D eigenvalue weighted by Gasteiger charge is -2.27. The fourth-order valence-corrected chi connectivity index (χ4v) is 2.33. The average Bonchev–Trinajstić information content (AvgIpc) is 2.28. The Kier molecular flexibility index (Phi) is 5.60. The van der Waals surface area contributed by atoms with Crippen molar-refractivity contribution in [3.8, 4) is 0 Å².